The first-order valence-electron chi connectivity index (χ1n) is 24.3. The second-order valence-electron chi connectivity index (χ2n) is 17.4. The molecule has 0 heterocycles. The van der Waals surface area contributed by atoms with Crippen molar-refractivity contribution in [1.82, 2.24) is 10.2 Å². The molecule has 330 valence electrons. The predicted octanol–water partition coefficient (Wildman–Crippen LogP) is 13.4. The van der Waals surface area contributed by atoms with Gasteiger partial charge in [-0.25, -0.2) is 4.79 Å². The van der Waals surface area contributed by atoms with Crippen molar-refractivity contribution in [2.75, 3.05) is 39.4 Å². The molecular formula is C48H92N2O6. The third kappa shape index (κ3) is 33.2. The summed E-state index contributed by atoms with van der Waals surface area (Å²) in [5.74, 6) is 0.0686. The van der Waals surface area contributed by atoms with Gasteiger partial charge in [0.15, 0.2) is 0 Å². The number of carbonyl (C=O) groups is 3. The van der Waals surface area contributed by atoms with Crippen molar-refractivity contribution in [2.24, 2.45) is 5.41 Å². The van der Waals surface area contributed by atoms with Crippen molar-refractivity contribution in [1.29, 1.82) is 0 Å². The highest BCUT2D eigenvalue weighted by Crippen LogP contribution is 2.45. The van der Waals surface area contributed by atoms with E-state index in [-0.39, 0.29) is 23.4 Å². The van der Waals surface area contributed by atoms with Crippen LogP contribution in [0.25, 0.3) is 0 Å². The molecule has 8 nitrogen and oxygen atoms in total. The SMILES string of the molecule is CCCCCCCCCOC(=O)OCCCCCCN(CCCCCCCC(=O)OC(CCCCCCCC)CCCCCCCC)CC1(CNC(C)=O)CC1. The Bertz CT molecular complexity index is 909. The Labute approximate surface area is 346 Å². The molecule has 0 saturated heterocycles. The number of hydrogen-bond acceptors (Lipinski definition) is 7. The minimum Gasteiger partial charge on any atom is -0.462 e. The van der Waals surface area contributed by atoms with Crippen molar-refractivity contribution < 1.29 is 28.6 Å². The van der Waals surface area contributed by atoms with Crippen molar-refractivity contribution in [2.45, 2.75) is 246 Å². The summed E-state index contributed by atoms with van der Waals surface area (Å²) in [7, 11) is 0. The Balaban J connectivity index is 2.30. The zero-order valence-corrected chi connectivity index (χ0v) is 37.6. The molecule has 1 amide bonds. The lowest BCUT2D eigenvalue weighted by Gasteiger charge is -2.28. The second kappa shape index (κ2) is 37.4. The summed E-state index contributed by atoms with van der Waals surface area (Å²) in [5, 5.41) is 3.08. The molecule has 1 rings (SSSR count). The van der Waals surface area contributed by atoms with E-state index in [1.165, 1.54) is 128 Å². The zero-order valence-electron chi connectivity index (χ0n) is 37.6. The first-order valence-corrected chi connectivity index (χ1v) is 24.3. The molecule has 0 aromatic carbocycles. The highest BCUT2D eigenvalue weighted by molar-refractivity contribution is 5.72. The van der Waals surface area contributed by atoms with Gasteiger partial charge >= 0.3 is 12.1 Å². The summed E-state index contributed by atoms with van der Waals surface area (Å²) in [5.41, 5.74) is 0.233. The van der Waals surface area contributed by atoms with Gasteiger partial charge in [0.05, 0.1) is 13.2 Å². The monoisotopic (exact) mass is 793 g/mol. The summed E-state index contributed by atoms with van der Waals surface area (Å²) in [4.78, 5) is 39.0. The van der Waals surface area contributed by atoms with E-state index in [4.69, 9.17) is 14.2 Å². The van der Waals surface area contributed by atoms with Gasteiger partial charge in [-0.1, -0.05) is 156 Å². The number of rotatable bonds is 42. The Morgan fingerprint density at radius 1 is 0.554 bits per heavy atom. The second-order valence-corrected chi connectivity index (χ2v) is 17.4. The Kier molecular flexibility index (Phi) is 34.9. The lowest BCUT2D eigenvalue weighted by atomic mass is 10.0. The van der Waals surface area contributed by atoms with E-state index >= 15 is 0 Å². The van der Waals surface area contributed by atoms with Crippen LogP contribution in [0, 0.1) is 5.41 Å². The molecule has 8 heteroatoms. The molecule has 56 heavy (non-hydrogen) atoms. The van der Waals surface area contributed by atoms with Crippen molar-refractivity contribution in [3.05, 3.63) is 0 Å². The van der Waals surface area contributed by atoms with Crippen molar-refractivity contribution >= 4 is 18.0 Å². The predicted molar refractivity (Wildman–Crippen MR) is 234 cm³/mol. The molecule has 0 atom stereocenters. The largest absolute Gasteiger partial charge is 0.508 e. The van der Waals surface area contributed by atoms with Crippen LogP contribution in [-0.4, -0.2) is 68.4 Å². The first kappa shape index (κ1) is 52.2. The van der Waals surface area contributed by atoms with Crippen molar-refractivity contribution in [3.63, 3.8) is 0 Å². The summed E-state index contributed by atoms with van der Waals surface area (Å²) >= 11 is 0. The fraction of sp³-hybridized carbons (Fsp3) is 0.938. The lowest BCUT2D eigenvalue weighted by Crippen LogP contribution is -2.38. The third-order valence-electron chi connectivity index (χ3n) is 11.7. The lowest BCUT2D eigenvalue weighted by molar-refractivity contribution is -0.150. The molecule has 0 radical (unpaired) electrons. The normalized spacial score (nSPS) is 13.3. The number of amides is 1. The van der Waals surface area contributed by atoms with E-state index in [0.29, 0.717) is 19.6 Å². The summed E-state index contributed by atoms with van der Waals surface area (Å²) in [6.07, 6.45) is 37.9. The quantitative estimate of drug-likeness (QED) is 0.0486. The molecular weight excluding hydrogens is 701 g/mol. The Morgan fingerprint density at radius 3 is 1.41 bits per heavy atom. The van der Waals surface area contributed by atoms with E-state index in [1.807, 2.05) is 0 Å². The maximum Gasteiger partial charge on any atom is 0.508 e. The summed E-state index contributed by atoms with van der Waals surface area (Å²) < 4.78 is 16.6. The fourth-order valence-electron chi connectivity index (χ4n) is 7.77. The number of esters is 1. The van der Waals surface area contributed by atoms with Gasteiger partial charge in [0.25, 0.3) is 0 Å². The van der Waals surface area contributed by atoms with Crippen LogP contribution in [0.5, 0.6) is 0 Å². The topological polar surface area (TPSA) is 94.2 Å². The minimum atomic E-state index is -0.526. The van der Waals surface area contributed by atoms with E-state index < -0.39 is 6.16 Å². The summed E-state index contributed by atoms with van der Waals surface area (Å²) in [6, 6.07) is 0. The van der Waals surface area contributed by atoms with Gasteiger partial charge in [-0.05, 0) is 83.7 Å². The van der Waals surface area contributed by atoms with Gasteiger partial charge in [0.2, 0.25) is 5.91 Å². The van der Waals surface area contributed by atoms with Gasteiger partial charge in [-0.15, -0.1) is 0 Å². The highest BCUT2D eigenvalue weighted by atomic mass is 16.7. The number of carbonyl (C=O) groups excluding carboxylic acids is 3. The molecule has 0 bridgehead atoms. The number of ether oxygens (including phenoxy) is 3. The molecule has 0 aromatic rings. The van der Waals surface area contributed by atoms with Crippen LogP contribution in [0.15, 0.2) is 0 Å². The molecule has 1 aliphatic rings. The average Bonchev–Trinajstić information content (AvgIpc) is 3.95. The first-order chi connectivity index (χ1) is 27.3. The molecule has 1 N–H and O–H groups in total. The van der Waals surface area contributed by atoms with E-state index in [9.17, 15) is 14.4 Å². The van der Waals surface area contributed by atoms with Crippen LogP contribution >= 0.6 is 0 Å². The molecule has 0 spiro atoms. The number of nitrogens with one attached hydrogen (secondary N) is 1. The van der Waals surface area contributed by atoms with Crippen LogP contribution < -0.4 is 5.32 Å². The molecule has 0 aromatic heterocycles. The zero-order chi connectivity index (χ0) is 40.8. The van der Waals surface area contributed by atoms with Gasteiger partial charge in [-0.3, -0.25) is 9.59 Å². The Hall–Kier alpha value is -1.83. The standard InChI is InChI=1S/C48H92N2O6/c1-5-8-11-14-17-24-31-40-54-47(53)55-41-32-25-23-30-39-50(43-48(36-37-48)42-49-44(4)51)38-29-22-18-21-28-35-46(52)56-45(33-26-19-15-12-9-6-2)34-27-20-16-13-10-7-3/h45H,5-43H2,1-4H3,(H,49,51). The molecule has 1 fully saturated rings. The van der Waals surface area contributed by atoms with Crippen molar-refractivity contribution in [3.8, 4) is 0 Å². The molecule has 1 aliphatic carbocycles. The number of unbranched alkanes of at least 4 members (excludes halogenated alkanes) is 23. The smallest absolute Gasteiger partial charge is 0.462 e. The minimum absolute atomic E-state index is 0.0114. The van der Waals surface area contributed by atoms with Crippen LogP contribution in [0.2, 0.25) is 0 Å². The van der Waals surface area contributed by atoms with Crippen LogP contribution in [0.1, 0.15) is 240 Å². The number of hydrogen-bond donors (Lipinski definition) is 1. The van der Waals surface area contributed by atoms with Gasteiger partial charge in [-0.2, -0.15) is 0 Å². The van der Waals surface area contributed by atoms with Gasteiger partial charge < -0.3 is 24.4 Å². The van der Waals surface area contributed by atoms with Gasteiger partial charge in [0, 0.05) is 31.8 Å². The Morgan fingerprint density at radius 2 is 0.964 bits per heavy atom. The van der Waals surface area contributed by atoms with Crippen LogP contribution in [-0.2, 0) is 23.8 Å². The van der Waals surface area contributed by atoms with E-state index in [2.05, 4.69) is 31.0 Å². The highest BCUT2D eigenvalue weighted by Gasteiger charge is 2.43. The number of nitrogens with zero attached hydrogens (tertiary/aromatic N) is 1. The maximum atomic E-state index is 12.8. The maximum absolute atomic E-state index is 12.8. The molecule has 0 unspecified atom stereocenters. The molecule has 1 saturated carbocycles. The van der Waals surface area contributed by atoms with E-state index in [1.54, 1.807) is 6.92 Å². The van der Waals surface area contributed by atoms with Crippen LogP contribution in [0.3, 0.4) is 0 Å². The van der Waals surface area contributed by atoms with Crippen LogP contribution in [0.4, 0.5) is 4.79 Å². The van der Waals surface area contributed by atoms with E-state index in [0.717, 1.165) is 103 Å². The fourth-order valence-corrected chi connectivity index (χ4v) is 7.77. The average molecular weight is 793 g/mol. The van der Waals surface area contributed by atoms with Gasteiger partial charge in [0.1, 0.15) is 6.10 Å². The third-order valence-corrected chi connectivity index (χ3v) is 11.7. The summed E-state index contributed by atoms with van der Waals surface area (Å²) in [6.45, 7) is 13.2. The molecule has 0 aliphatic heterocycles.